The molecule has 1 aliphatic heterocycles. The van der Waals surface area contributed by atoms with E-state index in [-0.39, 0.29) is 28.7 Å². The molecule has 9 heteroatoms. The molecule has 1 atom stereocenters. The minimum absolute atomic E-state index is 0.0878. The van der Waals surface area contributed by atoms with Gasteiger partial charge in [-0.25, -0.2) is 23.1 Å². The molecule has 0 saturated carbocycles. The van der Waals surface area contributed by atoms with Crippen molar-refractivity contribution in [3.05, 3.63) is 59.8 Å². The Kier molecular flexibility index (Phi) is 5.53. The number of aromatic nitrogens is 2. The highest BCUT2D eigenvalue weighted by molar-refractivity contribution is 6.04. The van der Waals surface area contributed by atoms with Crippen LogP contribution in [0.15, 0.2) is 36.7 Å². The van der Waals surface area contributed by atoms with Gasteiger partial charge in [-0.1, -0.05) is 0 Å². The van der Waals surface area contributed by atoms with E-state index in [1.807, 2.05) is 13.8 Å². The number of fused-ring (bicyclic) bond motifs is 1. The Morgan fingerprint density at radius 3 is 2.74 bits per heavy atom. The zero-order valence-corrected chi connectivity index (χ0v) is 16.9. The zero-order valence-electron chi connectivity index (χ0n) is 16.9. The van der Waals surface area contributed by atoms with Gasteiger partial charge < -0.3 is 14.8 Å². The maximum Gasteiger partial charge on any atom is 0.277 e. The Hall–Kier alpha value is -3.20. The summed E-state index contributed by atoms with van der Waals surface area (Å²) in [7, 11) is 0. The lowest BCUT2D eigenvalue weighted by molar-refractivity contribution is -0.0901. The third-order valence-corrected chi connectivity index (χ3v) is 4.99. The molecule has 3 heterocycles. The van der Waals surface area contributed by atoms with Crippen molar-refractivity contribution in [3.63, 3.8) is 0 Å². The lowest BCUT2D eigenvalue weighted by Crippen LogP contribution is -2.39. The predicted octanol–water partition coefficient (Wildman–Crippen LogP) is 4.64. The normalized spacial score (nSPS) is 18.0. The van der Waals surface area contributed by atoms with Gasteiger partial charge in [-0.05, 0) is 37.4 Å². The summed E-state index contributed by atoms with van der Waals surface area (Å²) in [6, 6.07) is 4.73. The number of halogens is 3. The Morgan fingerprint density at radius 2 is 2.00 bits per heavy atom. The zero-order chi connectivity index (χ0) is 22.2. The third-order valence-electron chi connectivity index (χ3n) is 4.99. The number of ether oxygens (including phenoxy) is 2. The van der Waals surface area contributed by atoms with Gasteiger partial charge in [0, 0.05) is 30.8 Å². The van der Waals surface area contributed by atoms with Gasteiger partial charge >= 0.3 is 0 Å². The molecular formula is C22H20F3N3O3. The van der Waals surface area contributed by atoms with Crippen LogP contribution in [0.5, 0.6) is 5.88 Å². The molecule has 1 unspecified atom stereocenters. The van der Waals surface area contributed by atoms with Crippen LogP contribution >= 0.6 is 0 Å². The highest BCUT2D eigenvalue weighted by Crippen LogP contribution is 2.33. The van der Waals surface area contributed by atoms with Gasteiger partial charge in [0.25, 0.3) is 5.91 Å². The van der Waals surface area contributed by atoms with Crippen LogP contribution in [0, 0.1) is 17.5 Å². The molecule has 0 radical (unpaired) electrons. The number of anilines is 1. The molecule has 1 aromatic carbocycles. The Balaban J connectivity index is 1.60. The smallest absolute Gasteiger partial charge is 0.277 e. The molecule has 1 N–H and O–H groups in total. The number of pyridine rings is 2. The summed E-state index contributed by atoms with van der Waals surface area (Å²) < 4.78 is 53.4. The van der Waals surface area contributed by atoms with E-state index in [1.165, 1.54) is 12.3 Å². The van der Waals surface area contributed by atoms with E-state index < -0.39 is 29.1 Å². The topological polar surface area (TPSA) is 73.3 Å². The highest BCUT2D eigenvalue weighted by Gasteiger charge is 2.31. The second-order valence-corrected chi connectivity index (χ2v) is 7.95. The molecule has 0 bridgehead atoms. The molecule has 2 aromatic heterocycles. The fourth-order valence-corrected chi connectivity index (χ4v) is 3.60. The van der Waals surface area contributed by atoms with Crippen molar-refractivity contribution < 1.29 is 27.4 Å². The van der Waals surface area contributed by atoms with Crippen molar-refractivity contribution in [2.45, 2.75) is 38.4 Å². The first-order valence-corrected chi connectivity index (χ1v) is 9.73. The van der Waals surface area contributed by atoms with Crippen molar-refractivity contribution in [2.75, 3.05) is 11.9 Å². The average molecular weight is 431 g/mol. The largest absolute Gasteiger partial charge is 0.474 e. The second-order valence-electron chi connectivity index (χ2n) is 7.95. The molecule has 31 heavy (non-hydrogen) atoms. The molecule has 162 valence electrons. The quantitative estimate of drug-likeness (QED) is 0.652. The van der Waals surface area contributed by atoms with E-state index in [9.17, 15) is 18.0 Å². The Labute approximate surface area is 176 Å². The number of benzene rings is 1. The molecule has 0 spiro atoms. The summed E-state index contributed by atoms with van der Waals surface area (Å²) in [5, 5.41) is 3.00. The van der Waals surface area contributed by atoms with Crippen LogP contribution in [0.1, 0.15) is 37.2 Å². The molecule has 1 saturated heterocycles. The second kappa shape index (κ2) is 8.14. The standard InChI is InChI=1S/C22H20F3N3O3/c1-22(2)10-15(4-6-30-22)31-21-18-12(3-5-26-21)7-14(9-16(18)24)28-20(29)19-17(25)8-13(23)11-27-19/h3,5,7-9,11,15H,4,6,10H2,1-2H3,(H,28,29). The van der Waals surface area contributed by atoms with Crippen LogP contribution in [0.25, 0.3) is 10.8 Å². The SMILES string of the molecule is CC1(C)CC(Oc2nccc3cc(NC(=O)c4ncc(F)cc4F)cc(F)c23)CCO1. The number of nitrogens with one attached hydrogen (secondary N) is 1. The van der Waals surface area contributed by atoms with E-state index in [1.54, 1.807) is 6.07 Å². The first-order valence-electron chi connectivity index (χ1n) is 9.73. The molecule has 0 aliphatic carbocycles. The number of carbonyl (C=O) groups is 1. The van der Waals surface area contributed by atoms with E-state index >= 15 is 0 Å². The van der Waals surface area contributed by atoms with E-state index in [4.69, 9.17) is 9.47 Å². The van der Waals surface area contributed by atoms with E-state index in [2.05, 4.69) is 15.3 Å². The van der Waals surface area contributed by atoms with Gasteiger partial charge in [0.1, 0.15) is 17.7 Å². The fourth-order valence-electron chi connectivity index (χ4n) is 3.60. The van der Waals surface area contributed by atoms with Gasteiger partial charge in [0.2, 0.25) is 5.88 Å². The first kappa shape index (κ1) is 21.0. The van der Waals surface area contributed by atoms with Gasteiger partial charge in [-0.2, -0.15) is 0 Å². The lowest BCUT2D eigenvalue weighted by Gasteiger charge is -2.35. The minimum Gasteiger partial charge on any atom is -0.474 e. The molecule has 1 aliphatic rings. The highest BCUT2D eigenvalue weighted by atomic mass is 19.1. The van der Waals surface area contributed by atoms with Crippen LogP contribution in [-0.2, 0) is 4.74 Å². The maximum absolute atomic E-state index is 15.0. The molecule has 6 nitrogen and oxygen atoms in total. The van der Waals surface area contributed by atoms with Gasteiger partial charge in [-0.3, -0.25) is 4.79 Å². The summed E-state index contributed by atoms with van der Waals surface area (Å²) in [5.41, 5.74) is -0.847. The summed E-state index contributed by atoms with van der Waals surface area (Å²) in [6.07, 6.45) is 3.33. The average Bonchev–Trinajstić information content (AvgIpc) is 2.67. The third kappa shape index (κ3) is 4.61. The molecule has 4 rings (SSSR count). The number of nitrogens with zero attached hydrogens (tertiary/aromatic N) is 2. The van der Waals surface area contributed by atoms with Gasteiger partial charge in [0.05, 0.1) is 23.8 Å². The number of amides is 1. The Morgan fingerprint density at radius 1 is 1.19 bits per heavy atom. The predicted molar refractivity (Wildman–Crippen MR) is 107 cm³/mol. The van der Waals surface area contributed by atoms with E-state index in [0.717, 1.165) is 12.3 Å². The van der Waals surface area contributed by atoms with Crippen LogP contribution < -0.4 is 10.1 Å². The van der Waals surface area contributed by atoms with Crippen molar-refractivity contribution in [1.29, 1.82) is 0 Å². The molecular weight excluding hydrogens is 411 g/mol. The van der Waals surface area contributed by atoms with Crippen LogP contribution in [-0.4, -0.2) is 34.2 Å². The number of carbonyl (C=O) groups excluding carboxylic acids is 1. The first-order chi connectivity index (χ1) is 14.7. The van der Waals surface area contributed by atoms with Crippen molar-refractivity contribution in [1.82, 2.24) is 9.97 Å². The molecule has 3 aromatic rings. The summed E-state index contributed by atoms with van der Waals surface area (Å²) in [5.74, 6) is -3.44. The summed E-state index contributed by atoms with van der Waals surface area (Å²) in [4.78, 5) is 19.9. The van der Waals surface area contributed by atoms with Crippen LogP contribution in [0.3, 0.4) is 0 Å². The van der Waals surface area contributed by atoms with Crippen molar-refractivity contribution in [2.24, 2.45) is 0 Å². The summed E-state index contributed by atoms with van der Waals surface area (Å²) in [6.45, 7) is 4.47. The minimum atomic E-state index is -1.11. The monoisotopic (exact) mass is 431 g/mol. The number of hydrogen-bond acceptors (Lipinski definition) is 5. The van der Waals surface area contributed by atoms with Gasteiger partial charge in [-0.15, -0.1) is 0 Å². The maximum atomic E-state index is 15.0. The number of hydrogen-bond donors (Lipinski definition) is 1. The van der Waals surface area contributed by atoms with Crippen molar-refractivity contribution in [3.8, 4) is 5.88 Å². The molecule has 1 amide bonds. The lowest BCUT2D eigenvalue weighted by atomic mass is 9.96. The van der Waals surface area contributed by atoms with Crippen molar-refractivity contribution >= 4 is 22.4 Å². The van der Waals surface area contributed by atoms with Gasteiger partial charge in [0.15, 0.2) is 11.5 Å². The van der Waals surface area contributed by atoms with E-state index in [0.29, 0.717) is 30.9 Å². The summed E-state index contributed by atoms with van der Waals surface area (Å²) >= 11 is 0. The molecule has 1 fully saturated rings. The van der Waals surface area contributed by atoms with Crippen LogP contribution in [0.2, 0.25) is 0 Å². The Bertz CT molecular complexity index is 1150. The fraction of sp³-hybridized carbons (Fsp3) is 0.318. The number of rotatable bonds is 4. The van der Waals surface area contributed by atoms with Crippen LogP contribution in [0.4, 0.5) is 18.9 Å².